The fraction of sp³-hybridized carbons (Fsp3) is 1.00. The van der Waals surface area contributed by atoms with Crippen LogP contribution in [0.15, 0.2) is 0 Å². The lowest BCUT2D eigenvalue weighted by molar-refractivity contribution is -0.00198. The minimum absolute atomic E-state index is 0.475. The third kappa shape index (κ3) is 7.02. The summed E-state index contributed by atoms with van der Waals surface area (Å²) < 4.78 is 11.3. The minimum Gasteiger partial charge on any atom is -0.379 e. The zero-order chi connectivity index (χ0) is 12.3. The monoisotopic (exact) mass is 243 g/mol. The van der Waals surface area contributed by atoms with Gasteiger partial charge in [0, 0.05) is 19.6 Å². The van der Waals surface area contributed by atoms with Crippen molar-refractivity contribution in [2.75, 3.05) is 39.5 Å². The van der Waals surface area contributed by atoms with Crippen LogP contribution in [0.25, 0.3) is 0 Å². The lowest BCUT2D eigenvalue weighted by Crippen LogP contribution is -2.38. The average molecular weight is 243 g/mol. The fourth-order valence-corrected chi connectivity index (χ4v) is 2.20. The average Bonchev–Trinajstić information content (AvgIpc) is 2.38. The smallest absolute Gasteiger partial charge is 0.0597 e. The van der Waals surface area contributed by atoms with Crippen LogP contribution in [0.5, 0.6) is 0 Å². The van der Waals surface area contributed by atoms with Crippen LogP contribution in [-0.2, 0) is 9.47 Å². The summed E-state index contributed by atoms with van der Waals surface area (Å²) >= 11 is 0. The molecule has 0 N–H and O–H groups in total. The number of rotatable bonds is 9. The Hall–Kier alpha value is -0.120. The van der Waals surface area contributed by atoms with Crippen molar-refractivity contribution in [1.82, 2.24) is 4.90 Å². The molecule has 3 nitrogen and oxygen atoms in total. The summed E-state index contributed by atoms with van der Waals surface area (Å²) in [6.07, 6.45) is 6.79. The summed E-state index contributed by atoms with van der Waals surface area (Å²) in [7, 11) is 0. The van der Waals surface area contributed by atoms with E-state index in [9.17, 15) is 0 Å². The SMILES string of the molecule is CCCCCC(CC)OCCN1CCOCC1. The Morgan fingerprint density at radius 1 is 1.18 bits per heavy atom. The van der Waals surface area contributed by atoms with Gasteiger partial charge in [0.25, 0.3) is 0 Å². The van der Waals surface area contributed by atoms with E-state index < -0.39 is 0 Å². The van der Waals surface area contributed by atoms with Crippen molar-refractivity contribution in [3.8, 4) is 0 Å². The summed E-state index contributed by atoms with van der Waals surface area (Å²) in [5.41, 5.74) is 0. The van der Waals surface area contributed by atoms with Gasteiger partial charge in [-0.1, -0.05) is 33.1 Å². The van der Waals surface area contributed by atoms with E-state index in [1.807, 2.05) is 0 Å². The molecule has 1 aliphatic rings. The van der Waals surface area contributed by atoms with Crippen molar-refractivity contribution in [1.29, 1.82) is 0 Å². The zero-order valence-corrected chi connectivity index (χ0v) is 11.6. The first-order chi connectivity index (χ1) is 8.36. The molecular formula is C14H29NO2. The van der Waals surface area contributed by atoms with Gasteiger partial charge in [-0.25, -0.2) is 0 Å². The van der Waals surface area contributed by atoms with Gasteiger partial charge in [-0.05, 0) is 12.8 Å². The number of unbranched alkanes of at least 4 members (excludes halogenated alkanes) is 2. The molecule has 0 radical (unpaired) electrons. The lowest BCUT2D eigenvalue weighted by atomic mass is 10.1. The molecule has 0 aromatic heterocycles. The van der Waals surface area contributed by atoms with Gasteiger partial charge in [-0.15, -0.1) is 0 Å². The van der Waals surface area contributed by atoms with E-state index in [4.69, 9.17) is 9.47 Å². The Bertz CT molecular complexity index is 170. The predicted octanol–water partition coefficient (Wildman–Crippen LogP) is 2.69. The van der Waals surface area contributed by atoms with Gasteiger partial charge in [0.2, 0.25) is 0 Å². The van der Waals surface area contributed by atoms with E-state index in [1.54, 1.807) is 0 Å². The van der Waals surface area contributed by atoms with E-state index in [0.717, 1.165) is 45.9 Å². The molecule has 0 spiro atoms. The van der Waals surface area contributed by atoms with Crippen LogP contribution in [-0.4, -0.2) is 50.5 Å². The number of hydrogen-bond acceptors (Lipinski definition) is 3. The van der Waals surface area contributed by atoms with Crippen LogP contribution in [0.4, 0.5) is 0 Å². The molecule has 0 bridgehead atoms. The van der Waals surface area contributed by atoms with E-state index in [1.165, 1.54) is 25.7 Å². The Balaban J connectivity index is 2.01. The summed E-state index contributed by atoms with van der Waals surface area (Å²) in [6.45, 7) is 10.3. The maximum atomic E-state index is 5.96. The quantitative estimate of drug-likeness (QED) is 0.581. The van der Waals surface area contributed by atoms with Crippen molar-refractivity contribution in [2.45, 2.75) is 52.1 Å². The predicted molar refractivity (Wildman–Crippen MR) is 71.4 cm³/mol. The molecule has 1 rings (SSSR count). The number of morpholine rings is 1. The van der Waals surface area contributed by atoms with Crippen LogP contribution in [0, 0.1) is 0 Å². The van der Waals surface area contributed by atoms with Crippen LogP contribution in [0.2, 0.25) is 0 Å². The molecule has 0 amide bonds. The third-order valence-electron chi connectivity index (χ3n) is 3.45. The Kier molecular flexibility index (Phi) is 8.67. The Morgan fingerprint density at radius 2 is 1.94 bits per heavy atom. The molecule has 0 saturated carbocycles. The fourth-order valence-electron chi connectivity index (χ4n) is 2.20. The third-order valence-corrected chi connectivity index (χ3v) is 3.45. The van der Waals surface area contributed by atoms with Crippen LogP contribution >= 0.6 is 0 Å². The van der Waals surface area contributed by atoms with Gasteiger partial charge in [0.1, 0.15) is 0 Å². The topological polar surface area (TPSA) is 21.7 Å². The first-order valence-corrected chi connectivity index (χ1v) is 7.28. The van der Waals surface area contributed by atoms with Crippen molar-refractivity contribution in [3.63, 3.8) is 0 Å². The van der Waals surface area contributed by atoms with Crippen LogP contribution in [0.3, 0.4) is 0 Å². The molecule has 1 atom stereocenters. The second-order valence-corrected chi connectivity index (χ2v) is 4.85. The van der Waals surface area contributed by atoms with E-state index in [0.29, 0.717) is 6.10 Å². The molecule has 3 heteroatoms. The molecule has 17 heavy (non-hydrogen) atoms. The summed E-state index contributed by atoms with van der Waals surface area (Å²) in [5, 5.41) is 0. The standard InChI is InChI=1S/C14H29NO2/c1-3-5-6-7-14(4-2)17-13-10-15-8-11-16-12-9-15/h14H,3-13H2,1-2H3. The first kappa shape index (κ1) is 14.9. The van der Waals surface area contributed by atoms with E-state index in [2.05, 4.69) is 18.7 Å². The highest BCUT2D eigenvalue weighted by Crippen LogP contribution is 2.10. The van der Waals surface area contributed by atoms with Gasteiger partial charge in [0.05, 0.1) is 25.9 Å². The minimum atomic E-state index is 0.475. The van der Waals surface area contributed by atoms with Crippen molar-refractivity contribution < 1.29 is 9.47 Å². The first-order valence-electron chi connectivity index (χ1n) is 7.28. The molecule has 1 saturated heterocycles. The molecular weight excluding hydrogens is 214 g/mol. The second-order valence-electron chi connectivity index (χ2n) is 4.85. The van der Waals surface area contributed by atoms with Gasteiger partial charge < -0.3 is 9.47 Å². The molecule has 1 heterocycles. The second kappa shape index (κ2) is 9.86. The maximum Gasteiger partial charge on any atom is 0.0597 e. The molecule has 102 valence electrons. The Labute approximate surface area is 106 Å². The van der Waals surface area contributed by atoms with Crippen LogP contribution in [0.1, 0.15) is 46.0 Å². The van der Waals surface area contributed by atoms with Gasteiger partial charge in [-0.2, -0.15) is 0 Å². The molecule has 1 aliphatic heterocycles. The van der Waals surface area contributed by atoms with Gasteiger partial charge >= 0.3 is 0 Å². The van der Waals surface area contributed by atoms with Crippen molar-refractivity contribution in [3.05, 3.63) is 0 Å². The van der Waals surface area contributed by atoms with Crippen molar-refractivity contribution >= 4 is 0 Å². The van der Waals surface area contributed by atoms with E-state index in [-0.39, 0.29) is 0 Å². The van der Waals surface area contributed by atoms with Crippen molar-refractivity contribution in [2.24, 2.45) is 0 Å². The lowest BCUT2D eigenvalue weighted by Gasteiger charge is -2.27. The van der Waals surface area contributed by atoms with E-state index >= 15 is 0 Å². The normalized spacial score (nSPS) is 19.4. The number of ether oxygens (including phenoxy) is 2. The molecule has 1 unspecified atom stereocenters. The number of nitrogens with zero attached hydrogens (tertiary/aromatic N) is 1. The highest BCUT2D eigenvalue weighted by molar-refractivity contribution is 4.62. The highest BCUT2D eigenvalue weighted by Gasteiger charge is 2.11. The van der Waals surface area contributed by atoms with Gasteiger partial charge in [0.15, 0.2) is 0 Å². The van der Waals surface area contributed by atoms with Crippen LogP contribution < -0.4 is 0 Å². The summed E-state index contributed by atoms with van der Waals surface area (Å²) in [5.74, 6) is 0. The Morgan fingerprint density at radius 3 is 2.59 bits per heavy atom. The molecule has 0 aromatic carbocycles. The van der Waals surface area contributed by atoms with Gasteiger partial charge in [-0.3, -0.25) is 4.90 Å². The largest absolute Gasteiger partial charge is 0.379 e. The summed E-state index contributed by atoms with van der Waals surface area (Å²) in [6, 6.07) is 0. The molecule has 0 aliphatic carbocycles. The number of hydrogen-bond donors (Lipinski definition) is 0. The zero-order valence-electron chi connectivity index (χ0n) is 11.6. The molecule has 1 fully saturated rings. The molecule has 0 aromatic rings. The summed E-state index contributed by atoms with van der Waals surface area (Å²) in [4.78, 5) is 2.43. The highest BCUT2D eigenvalue weighted by atomic mass is 16.5. The maximum absolute atomic E-state index is 5.96.